The molecule has 0 aliphatic carbocycles. The fraction of sp³-hybridized carbons (Fsp3) is 1.00. The maximum absolute atomic E-state index is 10.2. The van der Waals surface area contributed by atoms with E-state index in [1.165, 1.54) is 19.3 Å². The summed E-state index contributed by atoms with van der Waals surface area (Å²) in [5, 5.41) is 0. The summed E-state index contributed by atoms with van der Waals surface area (Å²) in [5.41, 5.74) is 0. The third kappa shape index (κ3) is 21.0. The van der Waals surface area contributed by atoms with E-state index in [0.717, 1.165) is 19.3 Å². The Balaban J connectivity index is -0.000000240. The molecule has 0 aromatic rings. The smallest absolute Gasteiger partial charge is 1.00 e. The molecule has 0 unspecified atom stereocenters. The minimum absolute atomic E-state index is 0. The Hall–Kier alpha value is 1.07. The maximum Gasteiger partial charge on any atom is 1.00 e. The zero-order valence-electron chi connectivity index (χ0n) is 10.8. The average Bonchev–Trinajstić information content (AvgIpc) is 2.01. The number of hydrogen-bond acceptors (Lipinski definition) is 3. The van der Waals surface area contributed by atoms with Crippen molar-refractivity contribution in [2.45, 2.75) is 45.4 Å². The van der Waals surface area contributed by atoms with Crippen LogP contribution in [0.2, 0.25) is 0 Å². The van der Waals surface area contributed by atoms with Crippen LogP contribution in [0.5, 0.6) is 0 Å². The van der Waals surface area contributed by atoms with E-state index in [1.807, 2.05) is 0 Å². The fourth-order valence-corrected chi connectivity index (χ4v) is 1.43. The van der Waals surface area contributed by atoms with Gasteiger partial charge in [-0.05, 0) is 6.42 Å². The van der Waals surface area contributed by atoms with Gasteiger partial charge in [-0.25, -0.2) is 4.57 Å². The number of hydrogen-bond donors (Lipinski definition) is 3. The van der Waals surface area contributed by atoms with Crippen LogP contribution in [0.25, 0.3) is 0 Å². The molecule has 0 bridgehead atoms. The molecule has 15 heavy (non-hydrogen) atoms. The van der Waals surface area contributed by atoms with E-state index >= 15 is 0 Å². The second-order valence-electron chi connectivity index (χ2n) is 3.09. The molecule has 0 atom stereocenters. The molecule has 5 nitrogen and oxygen atoms in total. The first-order valence-electron chi connectivity index (χ1n) is 4.76. The van der Waals surface area contributed by atoms with Gasteiger partial charge in [0.15, 0.2) is 0 Å². The Labute approximate surface area is 116 Å². The van der Waals surface area contributed by atoms with E-state index in [2.05, 4.69) is 11.4 Å². The first-order chi connectivity index (χ1) is 6.06. The molecule has 0 amide bonds. The molecule has 0 rings (SSSR count). The molecule has 0 aromatic carbocycles. The second-order valence-corrected chi connectivity index (χ2v) is 4.33. The molecular weight excluding hydrogens is 228 g/mol. The summed E-state index contributed by atoms with van der Waals surface area (Å²) in [7, 11) is -4.23. The Morgan fingerprint density at radius 2 is 1.60 bits per heavy atom. The molecule has 0 heterocycles. The van der Waals surface area contributed by atoms with E-state index in [9.17, 15) is 4.57 Å². The van der Waals surface area contributed by atoms with Crippen LogP contribution in [0.3, 0.4) is 0 Å². The van der Waals surface area contributed by atoms with Crippen LogP contribution in [0, 0.1) is 0 Å². The molecule has 0 saturated carbocycles. The molecule has 0 spiro atoms. The van der Waals surface area contributed by atoms with Crippen LogP contribution < -0.4 is 35.7 Å². The third-order valence-electron chi connectivity index (χ3n) is 1.76. The minimum Gasteiger partial charge on any atom is -1.00 e. The topological polar surface area (TPSA) is 102 Å². The summed E-state index contributed by atoms with van der Waals surface area (Å²) in [6.07, 6.45) is 6.48. The quantitative estimate of drug-likeness (QED) is 0.313. The number of rotatable bonds is 8. The molecule has 0 saturated heterocycles. The van der Waals surface area contributed by atoms with Crippen molar-refractivity contribution in [2.75, 3.05) is 6.61 Å². The summed E-state index contributed by atoms with van der Waals surface area (Å²) >= 11 is 0. The van der Waals surface area contributed by atoms with Crippen molar-refractivity contribution in [3.8, 4) is 0 Å². The molecule has 5 N–H and O–H groups in total. The van der Waals surface area contributed by atoms with E-state index in [0.29, 0.717) is 0 Å². The van der Waals surface area contributed by atoms with Gasteiger partial charge in [0.2, 0.25) is 0 Å². The SMILES string of the molecule is CCCCCCCCOP(=O)(O)O.N.[H-].[Na+]. The van der Waals surface area contributed by atoms with Crippen molar-refractivity contribution < 1.29 is 49.9 Å². The van der Waals surface area contributed by atoms with Gasteiger partial charge in [-0.1, -0.05) is 39.0 Å². The zero-order chi connectivity index (χ0) is 10.2. The number of unbranched alkanes of at least 4 members (excludes halogenated alkanes) is 5. The van der Waals surface area contributed by atoms with Crippen LogP contribution in [0.1, 0.15) is 46.9 Å². The van der Waals surface area contributed by atoms with E-state index in [-0.39, 0.29) is 43.7 Å². The van der Waals surface area contributed by atoms with Gasteiger partial charge >= 0.3 is 37.4 Å². The molecule has 0 radical (unpaired) electrons. The Morgan fingerprint density at radius 1 is 1.13 bits per heavy atom. The predicted octanol–water partition coefficient (Wildman–Crippen LogP) is -0.265. The third-order valence-corrected chi connectivity index (χ3v) is 2.28. The summed E-state index contributed by atoms with van der Waals surface area (Å²) in [6.45, 7) is 2.31. The van der Waals surface area contributed by atoms with Gasteiger partial charge in [0.1, 0.15) is 0 Å². The van der Waals surface area contributed by atoms with Crippen LogP contribution in [0.4, 0.5) is 0 Å². The van der Waals surface area contributed by atoms with Gasteiger partial charge in [-0.3, -0.25) is 4.52 Å². The van der Waals surface area contributed by atoms with Crippen molar-refractivity contribution in [1.29, 1.82) is 0 Å². The van der Waals surface area contributed by atoms with Crippen molar-refractivity contribution in [3.05, 3.63) is 0 Å². The Bertz CT molecular complexity index is 170. The van der Waals surface area contributed by atoms with Crippen LogP contribution >= 0.6 is 7.82 Å². The minimum atomic E-state index is -4.23. The zero-order valence-corrected chi connectivity index (χ0v) is 12.7. The Morgan fingerprint density at radius 3 is 2.07 bits per heavy atom. The molecule has 7 heteroatoms. The van der Waals surface area contributed by atoms with Crippen molar-refractivity contribution in [3.63, 3.8) is 0 Å². The first kappa shape index (κ1) is 21.4. The van der Waals surface area contributed by atoms with Gasteiger partial charge in [-0.2, -0.15) is 0 Å². The molecule has 90 valence electrons. The molecule has 0 aliphatic heterocycles. The van der Waals surface area contributed by atoms with Gasteiger partial charge in [-0.15, -0.1) is 0 Å². The molecule has 0 aliphatic rings. The van der Waals surface area contributed by atoms with Crippen LogP contribution in [-0.2, 0) is 9.09 Å². The average molecular weight is 251 g/mol. The largest absolute Gasteiger partial charge is 1.00 e. The van der Waals surface area contributed by atoms with Crippen LogP contribution in [0.15, 0.2) is 0 Å². The standard InChI is InChI=1S/C8H19O4P.H3N.Na.H/c1-2-3-4-5-6-7-8-12-13(9,10)11;;;/h2-8H2,1H3,(H2,9,10,11);1H3;;/q;;+1;-1. The second kappa shape index (κ2) is 13.1. The van der Waals surface area contributed by atoms with E-state index in [4.69, 9.17) is 9.79 Å². The fourth-order valence-electron chi connectivity index (χ4n) is 1.07. The number of phosphoric ester groups is 1. The number of phosphoric acid groups is 1. The predicted molar refractivity (Wildman–Crippen MR) is 57.5 cm³/mol. The van der Waals surface area contributed by atoms with E-state index in [1.54, 1.807) is 0 Å². The van der Waals surface area contributed by atoms with Gasteiger partial charge in [0.25, 0.3) is 0 Å². The van der Waals surface area contributed by atoms with Crippen molar-refractivity contribution in [2.24, 2.45) is 0 Å². The Kier molecular flexibility index (Phi) is 18.7. The van der Waals surface area contributed by atoms with Crippen molar-refractivity contribution in [1.82, 2.24) is 6.15 Å². The monoisotopic (exact) mass is 251 g/mol. The van der Waals surface area contributed by atoms with Gasteiger partial charge in [0, 0.05) is 0 Å². The molecule has 0 aromatic heterocycles. The summed E-state index contributed by atoms with van der Waals surface area (Å²) in [6, 6.07) is 0. The van der Waals surface area contributed by atoms with Crippen LogP contribution in [-0.4, -0.2) is 16.4 Å². The summed E-state index contributed by atoms with van der Waals surface area (Å²) in [5.74, 6) is 0. The molecular formula is C8H23NNaO4P. The van der Waals surface area contributed by atoms with E-state index < -0.39 is 7.82 Å². The summed E-state index contributed by atoms with van der Waals surface area (Å²) in [4.78, 5) is 16.7. The maximum atomic E-state index is 10.2. The summed E-state index contributed by atoms with van der Waals surface area (Å²) < 4.78 is 14.5. The van der Waals surface area contributed by atoms with Gasteiger partial charge in [0.05, 0.1) is 6.61 Å². The van der Waals surface area contributed by atoms with Gasteiger partial charge < -0.3 is 17.4 Å². The van der Waals surface area contributed by atoms with Crippen molar-refractivity contribution >= 4 is 7.82 Å². The molecule has 0 fully saturated rings. The normalized spacial score (nSPS) is 10.3. The first-order valence-corrected chi connectivity index (χ1v) is 6.29.